The minimum atomic E-state index is -1.72. The minimum absolute atomic E-state index is 0.268. The van der Waals surface area contributed by atoms with E-state index in [1.165, 1.54) is 12.1 Å². The van der Waals surface area contributed by atoms with Crippen molar-refractivity contribution in [2.75, 3.05) is 0 Å². The molecule has 1 aromatic rings. The van der Waals surface area contributed by atoms with E-state index in [9.17, 15) is 29.3 Å². The molecule has 1 unspecified atom stereocenters. The summed E-state index contributed by atoms with van der Waals surface area (Å²) >= 11 is 0. The molecule has 0 aromatic heterocycles. The minimum Gasteiger partial charge on any atom is -0.481 e. The van der Waals surface area contributed by atoms with E-state index in [4.69, 9.17) is 10.8 Å². The van der Waals surface area contributed by atoms with E-state index in [0.717, 1.165) is 6.07 Å². The number of primary amides is 1. The number of carbonyl (C=O) groups excluding carboxylic acids is 3. The van der Waals surface area contributed by atoms with Crippen LogP contribution in [0.3, 0.4) is 0 Å². The van der Waals surface area contributed by atoms with Crippen LogP contribution < -0.4 is 5.73 Å². The molecule has 0 saturated heterocycles. The van der Waals surface area contributed by atoms with Gasteiger partial charge in [0.05, 0.1) is 16.9 Å². The molecular weight excluding hydrogens is 298 g/mol. The predicted octanol–water partition coefficient (Wildman–Crippen LogP) is -0.481. The number of fused-ring (bicyclic) bond motifs is 1. The Kier molecular flexibility index (Phi) is 3.59. The van der Waals surface area contributed by atoms with Gasteiger partial charge in [0.2, 0.25) is 5.91 Å². The molecule has 2 rings (SSSR count). The second-order valence-corrected chi connectivity index (χ2v) is 4.45. The van der Waals surface area contributed by atoms with E-state index in [1.54, 1.807) is 0 Å². The van der Waals surface area contributed by atoms with Gasteiger partial charge in [-0.1, -0.05) is 6.07 Å². The quantitative estimate of drug-likeness (QED) is 0.421. The van der Waals surface area contributed by atoms with E-state index < -0.39 is 52.3 Å². The third kappa shape index (κ3) is 2.26. The molecule has 0 aliphatic carbocycles. The zero-order valence-electron chi connectivity index (χ0n) is 10.9. The van der Waals surface area contributed by atoms with Gasteiger partial charge in [-0.05, 0) is 6.07 Å². The van der Waals surface area contributed by atoms with E-state index in [-0.39, 0.29) is 5.56 Å². The van der Waals surface area contributed by atoms with E-state index in [0.29, 0.717) is 4.90 Å². The fourth-order valence-corrected chi connectivity index (χ4v) is 2.21. The summed E-state index contributed by atoms with van der Waals surface area (Å²) in [4.78, 5) is 57.0. The van der Waals surface area contributed by atoms with Crippen molar-refractivity contribution in [2.24, 2.45) is 5.73 Å². The molecule has 1 aliphatic rings. The maximum Gasteiger partial charge on any atom is 0.306 e. The maximum absolute atomic E-state index is 12.3. The number of rotatable bonds is 5. The zero-order chi connectivity index (χ0) is 16.6. The van der Waals surface area contributed by atoms with Crippen LogP contribution in [0.15, 0.2) is 18.2 Å². The Bertz CT molecular complexity index is 727. The molecule has 1 aromatic carbocycles. The third-order valence-corrected chi connectivity index (χ3v) is 3.13. The van der Waals surface area contributed by atoms with Gasteiger partial charge in [-0.3, -0.25) is 34.2 Å². The lowest BCUT2D eigenvalue weighted by Gasteiger charge is -2.21. The number of benzene rings is 1. The van der Waals surface area contributed by atoms with Crippen LogP contribution >= 0.6 is 0 Å². The normalized spacial score (nSPS) is 14.6. The summed E-state index contributed by atoms with van der Waals surface area (Å²) in [6.45, 7) is 0. The van der Waals surface area contributed by atoms with Crippen molar-refractivity contribution in [3.05, 3.63) is 39.4 Å². The molecule has 0 radical (unpaired) electrons. The molecular formula is C12H9N3O7. The van der Waals surface area contributed by atoms with Crippen LogP contribution in [0, 0.1) is 10.1 Å². The van der Waals surface area contributed by atoms with Gasteiger partial charge in [-0.2, -0.15) is 0 Å². The molecule has 10 nitrogen and oxygen atoms in total. The Morgan fingerprint density at radius 2 is 1.95 bits per heavy atom. The first-order valence-corrected chi connectivity index (χ1v) is 5.92. The highest BCUT2D eigenvalue weighted by molar-refractivity contribution is 6.24. The Hall–Kier alpha value is -3.30. The number of amides is 3. The average Bonchev–Trinajstić information content (AvgIpc) is 2.68. The van der Waals surface area contributed by atoms with Gasteiger partial charge in [0.1, 0.15) is 11.6 Å². The monoisotopic (exact) mass is 307 g/mol. The molecule has 0 fully saturated rings. The Morgan fingerprint density at radius 3 is 2.45 bits per heavy atom. The summed E-state index contributed by atoms with van der Waals surface area (Å²) in [5.41, 5.74) is 3.69. The predicted molar refractivity (Wildman–Crippen MR) is 68.8 cm³/mol. The molecule has 10 heteroatoms. The van der Waals surface area contributed by atoms with Crippen molar-refractivity contribution in [3.8, 4) is 0 Å². The van der Waals surface area contributed by atoms with Crippen molar-refractivity contribution in [3.63, 3.8) is 0 Å². The van der Waals surface area contributed by atoms with Crippen molar-refractivity contribution in [2.45, 2.75) is 12.5 Å². The van der Waals surface area contributed by atoms with Gasteiger partial charge >= 0.3 is 5.97 Å². The maximum atomic E-state index is 12.3. The fourth-order valence-electron chi connectivity index (χ4n) is 2.21. The first-order valence-electron chi connectivity index (χ1n) is 5.92. The Balaban J connectivity index is 2.55. The van der Waals surface area contributed by atoms with E-state index in [2.05, 4.69) is 0 Å². The summed E-state index contributed by atoms with van der Waals surface area (Å²) in [7, 11) is 0. The number of nitrogens with two attached hydrogens (primary N) is 1. The van der Waals surface area contributed by atoms with Crippen LogP contribution in [-0.4, -0.2) is 44.7 Å². The Morgan fingerprint density at radius 1 is 1.32 bits per heavy atom. The number of nitro benzene ring substituents is 1. The smallest absolute Gasteiger partial charge is 0.306 e. The second kappa shape index (κ2) is 5.24. The van der Waals surface area contributed by atoms with Crippen molar-refractivity contribution in [1.82, 2.24) is 4.90 Å². The summed E-state index contributed by atoms with van der Waals surface area (Å²) in [6, 6.07) is 1.71. The van der Waals surface area contributed by atoms with Crippen LogP contribution in [-0.2, 0) is 9.59 Å². The lowest BCUT2D eigenvalue weighted by atomic mass is 10.1. The average molecular weight is 307 g/mol. The lowest BCUT2D eigenvalue weighted by Crippen LogP contribution is -2.48. The number of carbonyl (C=O) groups is 4. The highest BCUT2D eigenvalue weighted by Crippen LogP contribution is 2.32. The van der Waals surface area contributed by atoms with E-state index in [1.807, 2.05) is 0 Å². The second-order valence-electron chi connectivity index (χ2n) is 4.45. The topological polar surface area (TPSA) is 161 Å². The van der Waals surface area contributed by atoms with Crippen molar-refractivity contribution in [1.29, 1.82) is 0 Å². The van der Waals surface area contributed by atoms with Gasteiger partial charge < -0.3 is 10.8 Å². The number of aliphatic carboxylic acids is 1. The van der Waals surface area contributed by atoms with Crippen molar-refractivity contribution < 1.29 is 29.2 Å². The molecule has 3 N–H and O–H groups in total. The summed E-state index contributed by atoms with van der Waals surface area (Å²) < 4.78 is 0. The number of hydrogen-bond donors (Lipinski definition) is 2. The van der Waals surface area contributed by atoms with E-state index >= 15 is 0 Å². The first-order chi connectivity index (χ1) is 10.3. The number of nitrogens with zero attached hydrogens (tertiary/aromatic N) is 2. The van der Waals surface area contributed by atoms with Gasteiger partial charge in [0.25, 0.3) is 17.5 Å². The number of carboxylic acids is 1. The molecule has 1 aliphatic heterocycles. The highest BCUT2D eigenvalue weighted by atomic mass is 16.6. The highest BCUT2D eigenvalue weighted by Gasteiger charge is 2.46. The number of imide groups is 1. The largest absolute Gasteiger partial charge is 0.481 e. The Labute approximate surface area is 122 Å². The standard InChI is InChI=1S/C12H9N3O7/c13-10(18)7(4-8(16)17)14-11(19)5-2-1-3-6(15(21)22)9(5)12(14)20/h1-3,7H,4H2,(H2,13,18)(H,16,17). The zero-order valence-corrected chi connectivity index (χ0v) is 10.9. The molecule has 3 amide bonds. The van der Waals surface area contributed by atoms with Crippen LogP contribution in [0.5, 0.6) is 0 Å². The summed E-state index contributed by atoms with van der Waals surface area (Å²) in [5, 5.41) is 19.7. The van der Waals surface area contributed by atoms with Gasteiger partial charge in [-0.25, -0.2) is 0 Å². The van der Waals surface area contributed by atoms with Gasteiger partial charge in [-0.15, -0.1) is 0 Å². The summed E-state index contributed by atoms with van der Waals surface area (Å²) in [6.07, 6.45) is -0.880. The number of hydrogen-bond acceptors (Lipinski definition) is 6. The van der Waals surface area contributed by atoms with Crippen LogP contribution in [0.2, 0.25) is 0 Å². The third-order valence-electron chi connectivity index (χ3n) is 3.13. The molecule has 114 valence electrons. The molecule has 1 heterocycles. The lowest BCUT2D eigenvalue weighted by molar-refractivity contribution is -0.385. The molecule has 1 atom stereocenters. The van der Waals surface area contributed by atoms with Crippen LogP contribution in [0.4, 0.5) is 5.69 Å². The molecule has 0 spiro atoms. The summed E-state index contributed by atoms with van der Waals surface area (Å²) in [5.74, 6) is -4.75. The SMILES string of the molecule is NC(=O)C(CC(=O)O)N1C(=O)c2cccc([N+](=O)[O-])c2C1=O. The number of carboxylic acid groups (broad SMARTS) is 1. The first kappa shape index (κ1) is 15.1. The molecule has 22 heavy (non-hydrogen) atoms. The van der Waals surface area contributed by atoms with Crippen molar-refractivity contribution >= 4 is 29.4 Å². The fraction of sp³-hybridized carbons (Fsp3) is 0.167. The molecule has 0 saturated carbocycles. The number of nitro groups is 1. The van der Waals surface area contributed by atoms with Gasteiger partial charge in [0.15, 0.2) is 0 Å². The van der Waals surface area contributed by atoms with Crippen LogP contribution in [0.25, 0.3) is 0 Å². The molecule has 0 bridgehead atoms. The van der Waals surface area contributed by atoms with Gasteiger partial charge in [0, 0.05) is 6.07 Å². The van der Waals surface area contributed by atoms with Crippen LogP contribution in [0.1, 0.15) is 27.1 Å².